The molecule has 0 radical (unpaired) electrons. The number of nitrogens with one attached hydrogen (secondary N) is 2. The molecule has 4 rings (SSSR count). The number of anilines is 1. The fourth-order valence-electron chi connectivity index (χ4n) is 2.72. The van der Waals surface area contributed by atoms with Crippen molar-refractivity contribution in [2.24, 2.45) is 0 Å². The first-order chi connectivity index (χ1) is 14.6. The molecule has 154 valence electrons. The van der Waals surface area contributed by atoms with Gasteiger partial charge in [0, 0.05) is 30.2 Å². The summed E-state index contributed by atoms with van der Waals surface area (Å²) in [4.78, 5) is 23.1. The SMILES string of the molecule is Cc1cc(-c2cnc(NCCNC(=O)Cn3cnnn3)nc2-c2ccc(C)s2)on1. The number of nitrogens with zero attached hydrogens (tertiary/aromatic N) is 7. The summed E-state index contributed by atoms with van der Waals surface area (Å²) in [5.74, 6) is 0.900. The molecule has 0 spiro atoms. The number of tetrazole rings is 1. The highest BCUT2D eigenvalue weighted by Gasteiger charge is 2.16. The van der Waals surface area contributed by atoms with Gasteiger partial charge in [0.15, 0.2) is 5.76 Å². The van der Waals surface area contributed by atoms with Crippen molar-refractivity contribution < 1.29 is 9.32 Å². The van der Waals surface area contributed by atoms with Crippen LogP contribution in [0.1, 0.15) is 10.6 Å². The van der Waals surface area contributed by atoms with Gasteiger partial charge in [0.25, 0.3) is 0 Å². The predicted molar refractivity (Wildman–Crippen MR) is 110 cm³/mol. The van der Waals surface area contributed by atoms with Crippen molar-refractivity contribution in [3.8, 4) is 21.9 Å². The van der Waals surface area contributed by atoms with Gasteiger partial charge in [-0.1, -0.05) is 5.16 Å². The molecule has 0 fully saturated rings. The predicted octanol–water partition coefficient (Wildman–Crippen LogP) is 1.69. The van der Waals surface area contributed by atoms with Crippen molar-refractivity contribution in [2.45, 2.75) is 20.4 Å². The first-order valence-electron chi connectivity index (χ1n) is 9.17. The van der Waals surface area contributed by atoms with Crippen molar-refractivity contribution in [3.05, 3.63) is 41.3 Å². The Hall–Kier alpha value is -3.67. The van der Waals surface area contributed by atoms with E-state index in [1.165, 1.54) is 15.9 Å². The maximum Gasteiger partial charge on any atom is 0.241 e. The summed E-state index contributed by atoms with van der Waals surface area (Å²) in [5.41, 5.74) is 2.33. The molecule has 0 aromatic carbocycles. The minimum Gasteiger partial charge on any atom is -0.356 e. The van der Waals surface area contributed by atoms with Gasteiger partial charge in [-0.05, 0) is 36.4 Å². The van der Waals surface area contributed by atoms with Crippen LogP contribution in [-0.2, 0) is 11.3 Å². The zero-order valence-electron chi connectivity index (χ0n) is 16.4. The smallest absolute Gasteiger partial charge is 0.241 e. The van der Waals surface area contributed by atoms with E-state index in [1.54, 1.807) is 17.5 Å². The number of rotatable bonds is 8. The molecular formula is C18H19N9O2S. The van der Waals surface area contributed by atoms with Crippen LogP contribution in [0.25, 0.3) is 21.9 Å². The minimum absolute atomic E-state index is 0.0661. The van der Waals surface area contributed by atoms with Crippen LogP contribution in [0, 0.1) is 13.8 Å². The minimum atomic E-state index is -0.184. The fourth-order valence-corrected chi connectivity index (χ4v) is 3.59. The van der Waals surface area contributed by atoms with Gasteiger partial charge in [-0.15, -0.1) is 16.4 Å². The third kappa shape index (κ3) is 4.66. The molecular weight excluding hydrogens is 406 g/mol. The van der Waals surface area contributed by atoms with Crippen molar-refractivity contribution in [1.29, 1.82) is 0 Å². The molecule has 1 amide bonds. The van der Waals surface area contributed by atoms with Crippen molar-refractivity contribution in [1.82, 2.24) is 40.6 Å². The third-order valence-electron chi connectivity index (χ3n) is 4.08. The van der Waals surface area contributed by atoms with Crippen molar-refractivity contribution in [2.75, 3.05) is 18.4 Å². The lowest BCUT2D eigenvalue weighted by Crippen LogP contribution is -2.32. The van der Waals surface area contributed by atoms with E-state index in [0.717, 1.165) is 21.8 Å². The van der Waals surface area contributed by atoms with Gasteiger partial charge in [0.1, 0.15) is 12.9 Å². The van der Waals surface area contributed by atoms with E-state index in [0.29, 0.717) is 24.8 Å². The van der Waals surface area contributed by atoms with E-state index in [-0.39, 0.29) is 12.5 Å². The molecule has 0 atom stereocenters. The number of carbonyl (C=O) groups excluding carboxylic acids is 1. The van der Waals surface area contributed by atoms with Crippen LogP contribution in [0.5, 0.6) is 0 Å². The van der Waals surface area contributed by atoms with Crippen LogP contribution < -0.4 is 10.6 Å². The normalized spacial score (nSPS) is 10.9. The Bertz CT molecular complexity index is 1140. The molecule has 0 aliphatic rings. The van der Waals surface area contributed by atoms with E-state index < -0.39 is 0 Å². The zero-order valence-corrected chi connectivity index (χ0v) is 17.2. The molecule has 0 aliphatic heterocycles. The van der Waals surface area contributed by atoms with Gasteiger partial charge in [-0.2, -0.15) is 0 Å². The first-order valence-corrected chi connectivity index (χ1v) is 9.99. The Labute approximate surface area is 175 Å². The summed E-state index contributed by atoms with van der Waals surface area (Å²) in [6.07, 6.45) is 3.10. The number of aryl methyl sites for hydroxylation is 2. The van der Waals surface area contributed by atoms with Crippen LogP contribution >= 0.6 is 11.3 Å². The summed E-state index contributed by atoms with van der Waals surface area (Å²) in [6, 6.07) is 5.93. The van der Waals surface area contributed by atoms with Gasteiger partial charge >= 0.3 is 0 Å². The molecule has 0 bridgehead atoms. The molecule has 11 nitrogen and oxygen atoms in total. The van der Waals surface area contributed by atoms with Crippen LogP contribution in [0.4, 0.5) is 5.95 Å². The van der Waals surface area contributed by atoms with Gasteiger partial charge in [0.2, 0.25) is 11.9 Å². The van der Waals surface area contributed by atoms with E-state index in [9.17, 15) is 4.79 Å². The maximum atomic E-state index is 11.9. The van der Waals surface area contributed by atoms with E-state index in [4.69, 9.17) is 4.52 Å². The highest BCUT2D eigenvalue weighted by atomic mass is 32.1. The second-order valence-electron chi connectivity index (χ2n) is 6.48. The van der Waals surface area contributed by atoms with Gasteiger partial charge in [-0.3, -0.25) is 4.79 Å². The molecule has 4 aromatic rings. The second kappa shape index (κ2) is 8.78. The number of thiophene rings is 1. The summed E-state index contributed by atoms with van der Waals surface area (Å²) in [5, 5.41) is 20.5. The summed E-state index contributed by atoms with van der Waals surface area (Å²) in [6.45, 7) is 4.85. The average Bonchev–Trinajstić information content (AvgIpc) is 3.48. The molecule has 0 aliphatic carbocycles. The Morgan fingerprint density at radius 3 is 2.87 bits per heavy atom. The summed E-state index contributed by atoms with van der Waals surface area (Å²) < 4.78 is 6.77. The van der Waals surface area contributed by atoms with Crippen molar-refractivity contribution >= 4 is 23.2 Å². The largest absolute Gasteiger partial charge is 0.356 e. The van der Waals surface area contributed by atoms with E-state index >= 15 is 0 Å². The Morgan fingerprint density at radius 1 is 1.27 bits per heavy atom. The number of hydrogen-bond donors (Lipinski definition) is 2. The lowest BCUT2D eigenvalue weighted by Gasteiger charge is -2.09. The van der Waals surface area contributed by atoms with Gasteiger partial charge < -0.3 is 15.2 Å². The number of aromatic nitrogens is 7. The van der Waals surface area contributed by atoms with E-state index in [2.05, 4.69) is 41.3 Å². The Balaban J connectivity index is 1.43. The van der Waals surface area contributed by atoms with Gasteiger partial charge in [0.05, 0.1) is 21.8 Å². The quantitative estimate of drug-likeness (QED) is 0.404. The first kappa shape index (κ1) is 19.6. The lowest BCUT2D eigenvalue weighted by atomic mass is 10.1. The highest BCUT2D eigenvalue weighted by Crippen LogP contribution is 2.35. The number of amides is 1. The lowest BCUT2D eigenvalue weighted by molar-refractivity contribution is -0.121. The summed E-state index contributed by atoms with van der Waals surface area (Å²) >= 11 is 1.64. The van der Waals surface area contributed by atoms with Crippen LogP contribution in [0.3, 0.4) is 0 Å². The highest BCUT2D eigenvalue weighted by molar-refractivity contribution is 7.15. The standard InChI is InChI=1S/C18H19N9O2S/c1-11-7-14(29-24-11)13-8-21-18(23-17(13)15-4-3-12(2)30-15)20-6-5-19-16(28)9-27-10-22-25-26-27/h3-4,7-8,10H,5-6,9H2,1-2H3,(H,19,28)(H,20,21,23). The number of carbonyl (C=O) groups is 1. The molecule has 4 aromatic heterocycles. The number of hydrogen-bond acceptors (Lipinski definition) is 10. The van der Waals surface area contributed by atoms with Crippen molar-refractivity contribution in [3.63, 3.8) is 0 Å². The van der Waals surface area contributed by atoms with Crippen LogP contribution in [0.2, 0.25) is 0 Å². The third-order valence-corrected chi connectivity index (χ3v) is 5.09. The molecule has 0 saturated carbocycles. The Morgan fingerprint density at radius 2 is 2.17 bits per heavy atom. The van der Waals surface area contributed by atoms with Gasteiger partial charge in [-0.25, -0.2) is 14.6 Å². The maximum absolute atomic E-state index is 11.9. The average molecular weight is 425 g/mol. The fraction of sp³-hybridized carbons (Fsp3) is 0.278. The summed E-state index contributed by atoms with van der Waals surface area (Å²) in [7, 11) is 0. The monoisotopic (exact) mass is 425 g/mol. The zero-order chi connectivity index (χ0) is 20.9. The van der Waals surface area contributed by atoms with E-state index in [1.807, 2.05) is 32.0 Å². The molecule has 0 unspecified atom stereocenters. The molecule has 4 heterocycles. The molecule has 12 heteroatoms. The topological polar surface area (TPSA) is 137 Å². The molecule has 2 N–H and O–H groups in total. The molecule has 30 heavy (non-hydrogen) atoms. The Kier molecular flexibility index (Phi) is 5.75. The second-order valence-corrected chi connectivity index (χ2v) is 7.77. The van der Waals surface area contributed by atoms with Crippen LogP contribution in [-0.4, -0.2) is 54.3 Å². The molecule has 0 saturated heterocycles. The van der Waals surface area contributed by atoms with Crippen LogP contribution in [0.15, 0.2) is 35.2 Å².